The van der Waals surface area contributed by atoms with Gasteiger partial charge in [-0.25, -0.2) is 4.79 Å². The molecule has 0 aromatic carbocycles. The Morgan fingerprint density at radius 3 is 2.38 bits per heavy atom. The van der Waals surface area contributed by atoms with Crippen LogP contribution in [0.3, 0.4) is 0 Å². The fraction of sp³-hybridized carbons (Fsp3) is 0.867. The summed E-state index contributed by atoms with van der Waals surface area (Å²) >= 11 is 0. The summed E-state index contributed by atoms with van der Waals surface area (Å²) in [5, 5.41) is 9.27. The lowest BCUT2D eigenvalue weighted by atomic mass is 9.92. The van der Waals surface area contributed by atoms with Crippen LogP contribution in [-0.4, -0.2) is 65.8 Å². The molecule has 2 saturated heterocycles. The van der Waals surface area contributed by atoms with Gasteiger partial charge in [-0.05, 0) is 25.2 Å². The van der Waals surface area contributed by atoms with Crippen LogP contribution in [0, 0.1) is 17.8 Å². The van der Waals surface area contributed by atoms with Crippen LogP contribution < -0.4 is 0 Å². The Labute approximate surface area is 126 Å². The van der Waals surface area contributed by atoms with E-state index < -0.39 is 11.9 Å². The zero-order valence-corrected chi connectivity index (χ0v) is 13.1. The number of aliphatic carboxylic acids is 1. The molecular formula is C15H26N2O4. The van der Waals surface area contributed by atoms with Gasteiger partial charge in [0.1, 0.15) is 5.92 Å². The van der Waals surface area contributed by atoms with E-state index in [9.17, 15) is 14.7 Å². The molecule has 2 aliphatic heterocycles. The molecular weight excluding hydrogens is 272 g/mol. The minimum atomic E-state index is -0.885. The number of piperidine rings is 1. The van der Waals surface area contributed by atoms with Crippen molar-refractivity contribution < 1.29 is 19.4 Å². The Bertz CT molecular complexity index is 391. The number of carbonyl (C=O) groups excluding carboxylic acids is 1. The number of amides is 2. The first-order valence-corrected chi connectivity index (χ1v) is 7.80. The van der Waals surface area contributed by atoms with Gasteiger partial charge in [0.05, 0.1) is 19.3 Å². The maximum absolute atomic E-state index is 12.8. The molecule has 21 heavy (non-hydrogen) atoms. The predicted octanol–water partition coefficient (Wildman–Crippen LogP) is 1.51. The molecule has 2 aliphatic rings. The molecule has 6 nitrogen and oxygen atoms in total. The number of likely N-dealkylation sites (tertiary alicyclic amines) is 1. The molecule has 0 aromatic heterocycles. The molecule has 2 amide bonds. The number of carbonyl (C=O) groups is 2. The van der Waals surface area contributed by atoms with E-state index in [0.717, 1.165) is 19.5 Å². The third-order valence-corrected chi connectivity index (χ3v) is 4.49. The number of likely N-dealkylation sites (N-methyl/N-ethyl adjacent to an activating group) is 1. The average Bonchev–Trinajstić information content (AvgIpc) is 2.87. The molecule has 0 spiro atoms. The molecule has 1 N–H and O–H groups in total. The number of urea groups is 1. The molecule has 0 aliphatic carbocycles. The first-order valence-electron chi connectivity index (χ1n) is 7.80. The van der Waals surface area contributed by atoms with E-state index in [0.29, 0.717) is 25.0 Å². The van der Waals surface area contributed by atoms with Crippen LogP contribution in [0.15, 0.2) is 0 Å². The van der Waals surface area contributed by atoms with Crippen molar-refractivity contribution in [1.82, 2.24) is 9.80 Å². The average molecular weight is 298 g/mol. The number of hydrogen-bond donors (Lipinski definition) is 1. The molecule has 0 aromatic rings. The molecule has 0 radical (unpaired) electrons. The van der Waals surface area contributed by atoms with Crippen LogP contribution in [0.5, 0.6) is 0 Å². The molecule has 4 unspecified atom stereocenters. The van der Waals surface area contributed by atoms with Crippen molar-refractivity contribution in [3.05, 3.63) is 0 Å². The highest BCUT2D eigenvalue weighted by molar-refractivity contribution is 5.77. The Balaban J connectivity index is 2.09. The standard InChI is InChI=1S/C15H26N2O4/c1-4-17(13-9-21-8-12(13)14(18)19)15(20)16-6-10(2)5-11(3)7-16/h10-13H,4-9H2,1-3H3,(H,18,19). The van der Waals surface area contributed by atoms with Gasteiger partial charge in [0.2, 0.25) is 0 Å². The molecule has 6 heteroatoms. The highest BCUT2D eigenvalue weighted by Crippen LogP contribution is 2.25. The normalized spacial score (nSPS) is 33.0. The molecule has 2 heterocycles. The predicted molar refractivity (Wildman–Crippen MR) is 78.0 cm³/mol. The summed E-state index contributed by atoms with van der Waals surface area (Å²) in [7, 11) is 0. The fourth-order valence-corrected chi connectivity index (χ4v) is 3.60. The second kappa shape index (κ2) is 6.64. The van der Waals surface area contributed by atoms with Gasteiger partial charge in [-0.2, -0.15) is 0 Å². The highest BCUT2D eigenvalue weighted by Gasteiger charge is 2.41. The van der Waals surface area contributed by atoms with Crippen LogP contribution in [-0.2, 0) is 9.53 Å². The van der Waals surface area contributed by atoms with Gasteiger partial charge in [-0.15, -0.1) is 0 Å². The van der Waals surface area contributed by atoms with Gasteiger partial charge in [-0.3, -0.25) is 4.79 Å². The Kier molecular flexibility index (Phi) is 5.08. The minimum absolute atomic E-state index is 0.0438. The SMILES string of the molecule is CCN(C(=O)N1CC(C)CC(C)C1)C1COCC1C(=O)O. The van der Waals surface area contributed by atoms with Gasteiger partial charge < -0.3 is 19.6 Å². The summed E-state index contributed by atoms with van der Waals surface area (Å²) < 4.78 is 5.30. The van der Waals surface area contributed by atoms with E-state index >= 15 is 0 Å². The molecule has 120 valence electrons. The van der Waals surface area contributed by atoms with E-state index in [2.05, 4.69) is 13.8 Å². The van der Waals surface area contributed by atoms with Crippen molar-refractivity contribution in [3.63, 3.8) is 0 Å². The van der Waals surface area contributed by atoms with Crippen LogP contribution in [0.1, 0.15) is 27.2 Å². The zero-order valence-electron chi connectivity index (χ0n) is 13.1. The summed E-state index contributed by atoms with van der Waals surface area (Å²) in [6.07, 6.45) is 1.14. The number of carboxylic acid groups (broad SMARTS) is 1. The minimum Gasteiger partial charge on any atom is -0.481 e. The Morgan fingerprint density at radius 2 is 1.86 bits per heavy atom. The van der Waals surface area contributed by atoms with Gasteiger partial charge in [-0.1, -0.05) is 13.8 Å². The summed E-state index contributed by atoms with van der Waals surface area (Å²) in [4.78, 5) is 27.6. The van der Waals surface area contributed by atoms with E-state index in [1.807, 2.05) is 11.8 Å². The Morgan fingerprint density at radius 1 is 1.24 bits per heavy atom. The lowest BCUT2D eigenvalue weighted by Crippen LogP contribution is -2.54. The van der Waals surface area contributed by atoms with Gasteiger partial charge in [0.15, 0.2) is 0 Å². The maximum Gasteiger partial charge on any atom is 0.320 e. The van der Waals surface area contributed by atoms with Crippen molar-refractivity contribution in [3.8, 4) is 0 Å². The first-order chi connectivity index (χ1) is 9.93. The van der Waals surface area contributed by atoms with Crippen molar-refractivity contribution >= 4 is 12.0 Å². The van der Waals surface area contributed by atoms with Crippen molar-refractivity contribution in [2.45, 2.75) is 33.2 Å². The summed E-state index contributed by atoms with van der Waals surface area (Å²) in [5.41, 5.74) is 0. The van der Waals surface area contributed by atoms with Gasteiger partial charge in [0, 0.05) is 19.6 Å². The molecule has 2 rings (SSSR count). The quantitative estimate of drug-likeness (QED) is 0.857. The highest BCUT2D eigenvalue weighted by atomic mass is 16.5. The lowest BCUT2D eigenvalue weighted by molar-refractivity contribution is -0.142. The van der Waals surface area contributed by atoms with Crippen LogP contribution >= 0.6 is 0 Å². The van der Waals surface area contributed by atoms with E-state index in [1.165, 1.54) is 0 Å². The first kappa shape index (κ1) is 16.1. The fourth-order valence-electron chi connectivity index (χ4n) is 3.60. The Hall–Kier alpha value is -1.30. The van der Waals surface area contributed by atoms with Crippen molar-refractivity contribution in [2.24, 2.45) is 17.8 Å². The van der Waals surface area contributed by atoms with Crippen LogP contribution in [0.25, 0.3) is 0 Å². The third-order valence-electron chi connectivity index (χ3n) is 4.49. The molecule has 0 bridgehead atoms. The van der Waals surface area contributed by atoms with Crippen molar-refractivity contribution in [1.29, 1.82) is 0 Å². The smallest absolute Gasteiger partial charge is 0.320 e. The maximum atomic E-state index is 12.8. The monoisotopic (exact) mass is 298 g/mol. The largest absolute Gasteiger partial charge is 0.481 e. The van der Waals surface area contributed by atoms with E-state index in [1.54, 1.807) is 4.90 Å². The summed E-state index contributed by atoms with van der Waals surface area (Å²) in [6.45, 7) is 8.74. The number of rotatable bonds is 3. The van der Waals surface area contributed by atoms with Crippen molar-refractivity contribution in [2.75, 3.05) is 32.8 Å². The summed E-state index contributed by atoms with van der Waals surface area (Å²) in [5.74, 6) is -0.518. The molecule has 0 saturated carbocycles. The number of hydrogen-bond acceptors (Lipinski definition) is 3. The molecule has 4 atom stereocenters. The van der Waals surface area contributed by atoms with E-state index in [4.69, 9.17) is 4.74 Å². The third kappa shape index (κ3) is 3.48. The number of nitrogens with zero attached hydrogens (tertiary/aromatic N) is 2. The van der Waals surface area contributed by atoms with Gasteiger partial charge >= 0.3 is 12.0 Å². The van der Waals surface area contributed by atoms with Crippen LogP contribution in [0.4, 0.5) is 4.79 Å². The second-order valence-electron chi connectivity index (χ2n) is 6.47. The lowest BCUT2D eigenvalue weighted by Gasteiger charge is -2.40. The summed E-state index contributed by atoms with van der Waals surface area (Å²) in [6, 6.07) is -0.398. The van der Waals surface area contributed by atoms with E-state index in [-0.39, 0.29) is 18.7 Å². The number of carboxylic acids is 1. The number of ether oxygens (including phenoxy) is 1. The second-order valence-corrected chi connectivity index (χ2v) is 6.47. The van der Waals surface area contributed by atoms with Crippen LogP contribution in [0.2, 0.25) is 0 Å². The van der Waals surface area contributed by atoms with Gasteiger partial charge in [0.25, 0.3) is 0 Å². The molecule has 2 fully saturated rings. The zero-order chi connectivity index (χ0) is 15.6. The topological polar surface area (TPSA) is 70.1 Å².